The number of nitrogens with one attached hydrogen (secondary N) is 2. The van der Waals surface area contributed by atoms with E-state index in [2.05, 4.69) is 36.3 Å². The number of ether oxygens (including phenoxy) is 1. The molecule has 0 unspecified atom stereocenters. The lowest BCUT2D eigenvalue weighted by Crippen LogP contribution is -2.38. The molecule has 1 heterocycles. The summed E-state index contributed by atoms with van der Waals surface area (Å²) in [5, 5.41) is 4.16. The Morgan fingerprint density at radius 3 is 2.58 bits per heavy atom. The summed E-state index contributed by atoms with van der Waals surface area (Å²) in [5.74, 6) is 0.579. The van der Waals surface area contributed by atoms with Crippen molar-refractivity contribution < 1.29 is 9.53 Å². The number of amides is 1. The molecular formula is C20H22N2O2. The number of benzene rings is 2. The molecule has 2 aromatic carbocycles. The van der Waals surface area contributed by atoms with Crippen LogP contribution in [0.5, 0.6) is 5.75 Å². The molecule has 0 aliphatic carbocycles. The molecule has 3 aromatic rings. The highest BCUT2D eigenvalue weighted by atomic mass is 16.5. The fourth-order valence-electron chi connectivity index (χ4n) is 2.76. The first-order chi connectivity index (χ1) is 11.6. The van der Waals surface area contributed by atoms with E-state index in [0.29, 0.717) is 12.3 Å². The van der Waals surface area contributed by atoms with Gasteiger partial charge in [-0.15, -0.1) is 0 Å². The summed E-state index contributed by atoms with van der Waals surface area (Å²) < 4.78 is 5.48. The number of rotatable bonds is 6. The molecular weight excluding hydrogens is 300 g/mol. The van der Waals surface area contributed by atoms with Gasteiger partial charge in [0.1, 0.15) is 5.75 Å². The normalized spacial score (nSPS) is 11.4. The van der Waals surface area contributed by atoms with Gasteiger partial charge in [0.2, 0.25) is 0 Å². The van der Waals surface area contributed by atoms with Crippen LogP contribution in [0.15, 0.2) is 60.8 Å². The first-order valence-corrected chi connectivity index (χ1v) is 8.07. The maximum absolute atomic E-state index is 12.1. The Kier molecular flexibility index (Phi) is 4.56. The van der Waals surface area contributed by atoms with Crippen LogP contribution in [0.1, 0.15) is 19.4 Å². The van der Waals surface area contributed by atoms with Gasteiger partial charge in [0.05, 0.1) is 0 Å². The molecule has 0 radical (unpaired) electrons. The lowest BCUT2D eigenvalue weighted by atomic mass is 9.84. The van der Waals surface area contributed by atoms with Gasteiger partial charge < -0.3 is 15.0 Å². The van der Waals surface area contributed by atoms with E-state index in [1.54, 1.807) is 0 Å². The van der Waals surface area contributed by atoms with Crippen LogP contribution < -0.4 is 10.1 Å². The van der Waals surface area contributed by atoms with Gasteiger partial charge in [-0.3, -0.25) is 4.79 Å². The SMILES string of the molecule is CC(C)(CNC(=O)COc1ccccc1)c1c[nH]c2ccccc12. The third kappa shape index (κ3) is 3.59. The quantitative estimate of drug-likeness (QED) is 0.728. The van der Waals surface area contributed by atoms with Crippen molar-refractivity contribution in [2.45, 2.75) is 19.3 Å². The third-order valence-corrected chi connectivity index (χ3v) is 4.16. The van der Waals surface area contributed by atoms with E-state index in [4.69, 9.17) is 4.74 Å². The van der Waals surface area contributed by atoms with Crippen LogP contribution in [0, 0.1) is 0 Å². The van der Waals surface area contributed by atoms with Gasteiger partial charge in [-0.05, 0) is 23.8 Å². The highest BCUT2D eigenvalue weighted by Gasteiger charge is 2.24. The molecule has 0 fully saturated rings. The number of aromatic amines is 1. The van der Waals surface area contributed by atoms with E-state index < -0.39 is 0 Å². The smallest absolute Gasteiger partial charge is 0.257 e. The Balaban J connectivity index is 1.59. The molecule has 124 valence electrons. The minimum Gasteiger partial charge on any atom is -0.484 e. The number of carbonyl (C=O) groups excluding carboxylic acids is 1. The van der Waals surface area contributed by atoms with E-state index in [0.717, 1.165) is 5.52 Å². The average molecular weight is 322 g/mol. The molecule has 24 heavy (non-hydrogen) atoms. The predicted molar refractivity (Wildman–Crippen MR) is 96.3 cm³/mol. The van der Waals surface area contributed by atoms with Crippen molar-refractivity contribution >= 4 is 16.8 Å². The molecule has 4 nitrogen and oxygen atoms in total. The van der Waals surface area contributed by atoms with Crippen molar-refractivity contribution in [3.8, 4) is 5.75 Å². The van der Waals surface area contributed by atoms with Crippen molar-refractivity contribution in [3.05, 3.63) is 66.4 Å². The summed E-state index contributed by atoms with van der Waals surface area (Å²) >= 11 is 0. The zero-order chi connectivity index (χ0) is 17.0. The van der Waals surface area contributed by atoms with Gasteiger partial charge >= 0.3 is 0 Å². The summed E-state index contributed by atoms with van der Waals surface area (Å²) in [4.78, 5) is 15.3. The largest absolute Gasteiger partial charge is 0.484 e. The maximum atomic E-state index is 12.1. The number of H-pyrrole nitrogens is 1. The summed E-state index contributed by atoms with van der Waals surface area (Å²) in [6.45, 7) is 4.82. The summed E-state index contributed by atoms with van der Waals surface area (Å²) in [5.41, 5.74) is 2.13. The van der Waals surface area contributed by atoms with E-state index in [1.807, 2.05) is 48.7 Å². The molecule has 3 rings (SSSR count). The second-order valence-corrected chi connectivity index (χ2v) is 6.51. The van der Waals surface area contributed by atoms with E-state index >= 15 is 0 Å². The number of aromatic nitrogens is 1. The molecule has 2 N–H and O–H groups in total. The van der Waals surface area contributed by atoms with Crippen LogP contribution >= 0.6 is 0 Å². The van der Waals surface area contributed by atoms with E-state index in [1.165, 1.54) is 10.9 Å². The Labute approximate surface area is 141 Å². The Morgan fingerprint density at radius 1 is 1.08 bits per heavy atom. The van der Waals surface area contributed by atoms with Crippen LogP contribution in [-0.4, -0.2) is 24.0 Å². The molecule has 1 amide bonds. The van der Waals surface area contributed by atoms with Crippen molar-refractivity contribution in [2.24, 2.45) is 0 Å². The molecule has 4 heteroatoms. The van der Waals surface area contributed by atoms with Crippen molar-refractivity contribution in [2.75, 3.05) is 13.2 Å². The molecule has 0 saturated carbocycles. The van der Waals surface area contributed by atoms with Gasteiger partial charge in [0.25, 0.3) is 5.91 Å². The van der Waals surface area contributed by atoms with Crippen LogP contribution in [0.2, 0.25) is 0 Å². The van der Waals surface area contributed by atoms with Crippen molar-refractivity contribution in [1.82, 2.24) is 10.3 Å². The number of hydrogen-bond donors (Lipinski definition) is 2. The number of hydrogen-bond acceptors (Lipinski definition) is 2. The first-order valence-electron chi connectivity index (χ1n) is 8.07. The molecule has 1 aromatic heterocycles. The van der Waals surface area contributed by atoms with Gasteiger partial charge in [-0.2, -0.15) is 0 Å². The zero-order valence-electron chi connectivity index (χ0n) is 14.0. The van der Waals surface area contributed by atoms with Crippen LogP contribution in [0.4, 0.5) is 0 Å². The van der Waals surface area contributed by atoms with Crippen LogP contribution in [0.3, 0.4) is 0 Å². The van der Waals surface area contributed by atoms with Crippen LogP contribution in [0.25, 0.3) is 10.9 Å². The monoisotopic (exact) mass is 322 g/mol. The minimum absolute atomic E-state index is 0.0218. The standard InChI is InChI=1S/C20H22N2O2/c1-20(2,17-12-21-18-11-7-6-10-16(17)18)14-22-19(23)13-24-15-8-4-3-5-9-15/h3-12,21H,13-14H2,1-2H3,(H,22,23). The summed E-state index contributed by atoms with van der Waals surface area (Å²) in [6, 6.07) is 17.6. The minimum atomic E-state index is -0.179. The molecule has 0 bridgehead atoms. The highest BCUT2D eigenvalue weighted by molar-refractivity contribution is 5.84. The Hall–Kier alpha value is -2.75. The lowest BCUT2D eigenvalue weighted by Gasteiger charge is -2.25. The van der Waals surface area contributed by atoms with Gasteiger partial charge in [-0.1, -0.05) is 50.2 Å². The molecule has 0 atom stereocenters. The predicted octanol–water partition coefficient (Wildman–Crippen LogP) is 3.64. The fourth-order valence-corrected chi connectivity index (χ4v) is 2.76. The molecule has 0 aliphatic rings. The Bertz CT molecular complexity index is 822. The van der Waals surface area contributed by atoms with Crippen LogP contribution in [-0.2, 0) is 10.2 Å². The molecule has 0 saturated heterocycles. The second kappa shape index (κ2) is 6.79. The third-order valence-electron chi connectivity index (χ3n) is 4.16. The zero-order valence-corrected chi connectivity index (χ0v) is 14.0. The van der Waals surface area contributed by atoms with Gasteiger partial charge in [-0.25, -0.2) is 0 Å². The van der Waals surface area contributed by atoms with Gasteiger partial charge in [0, 0.05) is 29.1 Å². The van der Waals surface area contributed by atoms with Crippen molar-refractivity contribution in [3.63, 3.8) is 0 Å². The summed E-state index contributed by atoms with van der Waals surface area (Å²) in [6.07, 6.45) is 2.03. The Morgan fingerprint density at radius 2 is 1.79 bits per heavy atom. The molecule has 0 aliphatic heterocycles. The summed E-state index contributed by atoms with van der Waals surface area (Å²) in [7, 11) is 0. The number of fused-ring (bicyclic) bond motifs is 1. The van der Waals surface area contributed by atoms with E-state index in [9.17, 15) is 4.79 Å². The topological polar surface area (TPSA) is 54.1 Å². The molecule has 0 spiro atoms. The lowest BCUT2D eigenvalue weighted by molar-refractivity contribution is -0.123. The number of carbonyl (C=O) groups is 1. The van der Waals surface area contributed by atoms with E-state index in [-0.39, 0.29) is 17.9 Å². The van der Waals surface area contributed by atoms with Crippen molar-refractivity contribution in [1.29, 1.82) is 0 Å². The second-order valence-electron chi connectivity index (χ2n) is 6.51. The highest BCUT2D eigenvalue weighted by Crippen LogP contribution is 2.29. The fraction of sp³-hybridized carbons (Fsp3) is 0.250. The van der Waals surface area contributed by atoms with Gasteiger partial charge in [0.15, 0.2) is 6.61 Å². The first kappa shape index (κ1) is 16.1. The number of para-hydroxylation sites is 2. The maximum Gasteiger partial charge on any atom is 0.257 e. The average Bonchev–Trinajstić information content (AvgIpc) is 3.04.